The average molecular weight is 396 g/mol. The average Bonchev–Trinajstić information content (AvgIpc) is 3.03. The van der Waals surface area contributed by atoms with Gasteiger partial charge in [-0.25, -0.2) is 4.98 Å². The molecule has 2 N–H and O–H groups in total. The van der Waals surface area contributed by atoms with Crippen molar-refractivity contribution in [2.45, 2.75) is 45.3 Å². The van der Waals surface area contributed by atoms with E-state index in [1.54, 1.807) is 18.4 Å². The highest BCUT2D eigenvalue weighted by Crippen LogP contribution is 2.33. The molecule has 0 saturated heterocycles. The molecule has 2 heterocycles. The number of aliphatic hydroxyl groups is 1. The number of thiophene rings is 1. The van der Waals surface area contributed by atoms with E-state index in [4.69, 9.17) is 14.5 Å². The van der Waals surface area contributed by atoms with Crippen molar-refractivity contribution in [3.8, 4) is 0 Å². The Morgan fingerprint density at radius 1 is 1.37 bits per heavy atom. The Morgan fingerprint density at radius 2 is 2.19 bits per heavy atom. The Labute approximate surface area is 163 Å². The Hall–Kier alpha value is -1.32. The van der Waals surface area contributed by atoms with Crippen LogP contribution in [0.4, 0.5) is 0 Å². The minimum absolute atomic E-state index is 0.0454. The quantitative estimate of drug-likeness (QED) is 0.637. The van der Waals surface area contributed by atoms with Gasteiger partial charge in [0.05, 0.1) is 31.2 Å². The van der Waals surface area contributed by atoms with Crippen LogP contribution in [-0.2, 0) is 28.9 Å². The Kier molecular flexibility index (Phi) is 7.37. The molecule has 0 bridgehead atoms. The standard InChI is InChI=1S/C19H29N3O4S/c1-3-26-12-13(23)10-22(8-9-25-2)11-16-20-18(24)17-14-6-4-5-7-15(14)27-19(17)21-16/h13,23H,3-12H2,1-2H3,(H,20,21,24). The predicted octanol–water partition coefficient (Wildman–Crippen LogP) is 1.71. The van der Waals surface area contributed by atoms with Gasteiger partial charge in [0.1, 0.15) is 10.7 Å². The number of rotatable bonds is 10. The molecule has 2 aromatic rings. The lowest BCUT2D eigenvalue weighted by atomic mass is 9.97. The molecule has 0 radical (unpaired) electrons. The summed E-state index contributed by atoms with van der Waals surface area (Å²) >= 11 is 1.65. The first kappa shape index (κ1) is 20.4. The van der Waals surface area contributed by atoms with Crippen LogP contribution in [0, 0.1) is 0 Å². The molecular formula is C19H29N3O4S. The van der Waals surface area contributed by atoms with Crippen LogP contribution in [0.2, 0.25) is 0 Å². The van der Waals surface area contributed by atoms with Crippen LogP contribution in [0.1, 0.15) is 36.0 Å². The number of hydrogen-bond acceptors (Lipinski definition) is 7. The van der Waals surface area contributed by atoms with Crippen molar-refractivity contribution in [3.05, 3.63) is 26.6 Å². The third kappa shape index (κ3) is 5.14. The van der Waals surface area contributed by atoms with Gasteiger partial charge in [-0.1, -0.05) is 0 Å². The third-order valence-corrected chi connectivity index (χ3v) is 6.03. The fourth-order valence-corrected chi connectivity index (χ4v) is 4.84. The minimum atomic E-state index is -0.591. The summed E-state index contributed by atoms with van der Waals surface area (Å²) in [6.45, 7) is 4.85. The first-order valence-corrected chi connectivity index (χ1v) is 10.4. The minimum Gasteiger partial charge on any atom is -0.389 e. The molecule has 0 fully saturated rings. The van der Waals surface area contributed by atoms with E-state index in [-0.39, 0.29) is 5.56 Å². The monoisotopic (exact) mass is 395 g/mol. The van der Waals surface area contributed by atoms with Crippen molar-refractivity contribution in [1.29, 1.82) is 0 Å². The van der Waals surface area contributed by atoms with Crippen LogP contribution in [0.3, 0.4) is 0 Å². The summed E-state index contributed by atoms with van der Waals surface area (Å²) in [6.07, 6.45) is 3.76. The van der Waals surface area contributed by atoms with Crippen LogP contribution in [-0.4, -0.2) is 66.1 Å². The fourth-order valence-electron chi connectivity index (χ4n) is 3.56. The van der Waals surface area contributed by atoms with Crippen molar-refractivity contribution >= 4 is 21.6 Å². The van der Waals surface area contributed by atoms with Gasteiger partial charge < -0.3 is 19.6 Å². The summed E-state index contributed by atoms with van der Waals surface area (Å²) < 4.78 is 10.5. The van der Waals surface area contributed by atoms with Gasteiger partial charge >= 0.3 is 0 Å². The molecule has 0 aliphatic heterocycles. The number of ether oxygens (including phenoxy) is 2. The Balaban J connectivity index is 1.78. The summed E-state index contributed by atoms with van der Waals surface area (Å²) in [4.78, 5) is 24.6. The van der Waals surface area contributed by atoms with Crippen molar-refractivity contribution in [2.75, 3.05) is 40.0 Å². The predicted molar refractivity (Wildman–Crippen MR) is 107 cm³/mol. The maximum Gasteiger partial charge on any atom is 0.259 e. The zero-order valence-electron chi connectivity index (χ0n) is 16.1. The highest BCUT2D eigenvalue weighted by atomic mass is 32.1. The smallest absolute Gasteiger partial charge is 0.259 e. The molecular weight excluding hydrogens is 366 g/mol. The van der Waals surface area contributed by atoms with E-state index in [1.807, 2.05) is 11.8 Å². The number of fused-ring (bicyclic) bond motifs is 3. The Bertz CT molecular complexity index is 804. The maximum atomic E-state index is 12.7. The van der Waals surface area contributed by atoms with Gasteiger partial charge in [0, 0.05) is 31.7 Å². The van der Waals surface area contributed by atoms with E-state index in [9.17, 15) is 9.90 Å². The van der Waals surface area contributed by atoms with Crippen LogP contribution in [0.15, 0.2) is 4.79 Å². The number of H-pyrrole nitrogens is 1. The second kappa shape index (κ2) is 9.75. The van der Waals surface area contributed by atoms with Crippen molar-refractivity contribution in [1.82, 2.24) is 14.9 Å². The summed E-state index contributed by atoms with van der Waals surface area (Å²) in [6, 6.07) is 0. The number of hydrogen-bond donors (Lipinski definition) is 2. The van der Waals surface area contributed by atoms with Gasteiger partial charge in [-0.3, -0.25) is 9.69 Å². The van der Waals surface area contributed by atoms with Crippen LogP contribution in [0.5, 0.6) is 0 Å². The molecule has 1 aliphatic rings. The zero-order chi connectivity index (χ0) is 19.2. The first-order chi connectivity index (χ1) is 13.1. The molecule has 1 atom stereocenters. The van der Waals surface area contributed by atoms with E-state index in [0.717, 1.165) is 29.5 Å². The molecule has 0 spiro atoms. The number of nitrogens with zero attached hydrogens (tertiary/aromatic N) is 2. The number of aromatic nitrogens is 2. The van der Waals surface area contributed by atoms with Crippen molar-refractivity contribution in [2.24, 2.45) is 0 Å². The lowest BCUT2D eigenvalue weighted by Crippen LogP contribution is -2.37. The normalized spacial score (nSPS) is 15.4. The molecule has 150 valence electrons. The van der Waals surface area contributed by atoms with Gasteiger partial charge in [-0.15, -0.1) is 11.3 Å². The van der Waals surface area contributed by atoms with Crippen LogP contribution < -0.4 is 5.56 Å². The third-order valence-electron chi connectivity index (χ3n) is 4.84. The highest BCUT2D eigenvalue weighted by molar-refractivity contribution is 7.18. The molecule has 8 heteroatoms. The maximum absolute atomic E-state index is 12.7. The SMILES string of the molecule is CCOCC(O)CN(CCOC)Cc1nc2sc3c(c2c(=O)[nH]1)CCCC3. The van der Waals surface area contributed by atoms with E-state index < -0.39 is 6.10 Å². The largest absolute Gasteiger partial charge is 0.389 e. The van der Waals surface area contributed by atoms with Crippen LogP contribution >= 0.6 is 11.3 Å². The van der Waals surface area contributed by atoms with Gasteiger partial charge in [0.2, 0.25) is 0 Å². The number of aryl methyl sites for hydroxylation is 2. The van der Waals surface area contributed by atoms with E-state index in [1.165, 1.54) is 16.9 Å². The topological polar surface area (TPSA) is 87.7 Å². The van der Waals surface area contributed by atoms with Crippen LogP contribution in [0.25, 0.3) is 10.2 Å². The molecule has 0 amide bonds. The molecule has 2 aromatic heterocycles. The number of methoxy groups -OCH3 is 1. The molecule has 1 unspecified atom stereocenters. The van der Waals surface area contributed by atoms with Crippen molar-refractivity contribution in [3.63, 3.8) is 0 Å². The fraction of sp³-hybridized carbons (Fsp3) is 0.684. The lowest BCUT2D eigenvalue weighted by Gasteiger charge is -2.24. The van der Waals surface area contributed by atoms with Crippen molar-refractivity contribution < 1.29 is 14.6 Å². The number of nitrogens with one attached hydrogen (secondary N) is 1. The summed E-state index contributed by atoms with van der Waals surface area (Å²) in [5, 5.41) is 10.9. The second-order valence-corrected chi connectivity index (χ2v) is 8.03. The second-order valence-electron chi connectivity index (χ2n) is 6.94. The number of aromatic amines is 1. The molecule has 27 heavy (non-hydrogen) atoms. The lowest BCUT2D eigenvalue weighted by molar-refractivity contribution is 0.0144. The summed E-state index contributed by atoms with van der Waals surface area (Å²) in [5.74, 6) is 0.630. The molecule has 7 nitrogen and oxygen atoms in total. The van der Waals surface area contributed by atoms with Gasteiger partial charge in [0.25, 0.3) is 5.56 Å². The van der Waals surface area contributed by atoms with E-state index in [2.05, 4.69) is 4.98 Å². The number of aliphatic hydroxyl groups excluding tert-OH is 1. The van der Waals surface area contributed by atoms with Gasteiger partial charge in [0.15, 0.2) is 0 Å². The molecule has 0 aromatic carbocycles. The molecule has 0 saturated carbocycles. The van der Waals surface area contributed by atoms with Gasteiger partial charge in [-0.2, -0.15) is 0 Å². The first-order valence-electron chi connectivity index (χ1n) is 9.63. The summed E-state index contributed by atoms with van der Waals surface area (Å²) in [5.41, 5.74) is 1.15. The molecule has 3 rings (SSSR count). The zero-order valence-corrected chi connectivity index (χ0v) is 16.9. The Morgan fingerprint density at radius 3 is 2.96 bits per heavy atom. The molecule has 1 aliphatic carbocycles. The highest BCUT2D eigenvalue weighted by Gasteiger charge is 2.20. The van der Waals surface area contributed by atoms with E-state index >= 15 is 0 Å². The summed E-state index contributed by atoms with van der Waals surface area (Å²) in [7, 11) is 1.65. The van der Waals surface area contributed by atoms with Gasteiger partial charge in [-0.05, 0) is 38.2 Å². The van der Waals surface area contributed by atoms with E-state index in [0.29, 0.717) is 45.3 Å².